The Morgan fingerprint density at radius 1 is 0.800 bits per heavy atom. The van der Waals surface area contributed by atoms with Crippen LogP contribution < -0.4 is 0 Å². The summed E-state index contributed by atoms with van der Waals surface area (Å²) in [5.74, 6) is 3.36. The van der Waals surface area contributed by atoms with Gasteiger partial charge in [0.15, 0.2) is 0 Å². The summed E-state index contributed by atoms with van der Waals surface area (Å²) in [6.07, 6.45) is 2.77. The van der Waals surface area contributed by atoms with Gasteiger partial charge in [0.1, 0.15) is 0 Å². The van der Waals surface area contributed by atoms with Crippen molar-refractivity contribution in [3.8, 4) is 0 Å². The molecule has 92 valence electrons. The molecule has 3 unspecified atom stereocenters. The first-order valence-corrected chi connectivity index (χ1v) is 6.66. The van der Waals surface area contributed by atoms with Gasteiger partial charge in [-0.1, -0.05) is 68.2 Å². The summed E-state index contributed by atoms with van der Waals surface area (Å²) in [4.78, 5) is 0. The van der Waals surface area contributed by atoms with Crippen molar-refractivity contribution in [2.75, 3.05) is 0 Å². The van der Waals surface area contributed by atoms with Gasteiger partial charge in [-0.2, -0.15) is 0 Å². The molecule has 0 aromatic rings. The highest BCUT2D eigenvalue weighted by molar-refractivity contribution is 4.77. The van der Waals surface area contributed by atoms with E-state index in [4.69, 9.17) is 0 Å². The minimum atomic E-state index is 0.450. The molecule has 0 heteroatoms. The molecule has 0 aromatic carbocycles. The maximum absolute atomic E-state index is 2.43. The summed E-state index contributed by atoms with van der Waals surface area (Å²) in [5, 5.41) is 0. The fraction of sp³-hybridized carbons (Fsp3) is 1.00. The van der Waals surface area contributed by atoms with Crippen molar-refractivity contribution >= 4 is 0 Å². The average molecular weight is 212 g/mol. The quantitative estimate of drug-likeness (QED) is 0.574. The largest absolute Gasteiger partial charge is 0.0628 e. The summed E-state index contributed by atoms with van der Waals surface area (Å²) >= 11 is 0. The third-order valence-electron chi connectivity index (χ3n) is 4.25. The van der Waals surface area contributed by atoms with Gasteiger partial charge >= 0.3 is 0 Å². The smallest absolute Gasteiger partial charge is 0.0354 e. The minimum Gasteiger partial charge on any atom is -0.0628 e. The van der Waals surface area contributed by atoms with Gasteiger partial charge in [-0.3, -0.25) is 0 Å². The molecule has 3 atom stereocenters. The number of rotatable bonds is 5. The first kappa shape index (κ1) is 15.0. The first-order valence-electron chi connectivity index (χ1n) is 6.66. The third-order valence-corrected chi connectivity index (χ3v) is 4.25. The van der Waals surface area contributed by atoms with E-state index in [1.165, 1.54) is 12.8 Å². The maximum Gasteiger partial charge on any atom is -0.0354 e. The van der Waals surface area contributed by atoms with E-state index in [1.54, 1.807) is 0 Å². The molecular weight excluding hydrogens is 180 g/mol. The lowest BCUT2D eigenvalue weighted by Crippen LogP contribution is -2.28. The molecule has 0 amide bonds. The van der Waals surface area contributed by atoms with Crippen LogP contribution in [0.1, 0.15) is 68.2 Å². The van der Waals surface area contributed by atoms with E-state index >= 15 is 0 Å². The molecule has 15 heavy (non-hydrogen) atoms. The van der Waals surface area contributed by atoms with E-state index in [1.807, 2.05) is 0 Å². The molecular formula is C15H32. The fourth-order valence-electron chi connectivity index (χ4n) is 2.14. The molecule has 0 saturated carbocycles. The molecule has 0 fully saturated rings. The standard InChI is InChI=1S/C15H32/c1-11(2)9-10-12(3)13(4)14(5)15(6,7)8/h11-14H,9-10H2,1-8H3. The van der Waals surface area contributed by atoms with Crippen molar-refractivity contribution in [2.45, 2.75) is 68.2 Å². The molecule has 0 aliphatic carbocycles. The lowest BCUT2D eigenvalue weighted by atomic mass is 9.70. The molecule has 0 spiro atoms. The lowest BCUT2D eigenvalue weighted by molar-refractivity contribution is 0.138. The molecule has 0 aliphatic heterocycles. The van der Waals surface area contributed by atoms with Crippen molar-refractivity contribution in [3.63, 3.8) is 0 Å². The summed E-state index contributed by atoms with van der Waals surface area (Å²) in [6, 6.07) is 0. The summed E-state index contributed by atoms with van der Waals surface area (Å²) in [7, 11) is 0. The molecule has 0 aliphatic rings. The first-order chi connectivity index (χ1) is 6.66. The molecule has 0 bridgehead atoms. The van der Waals surface area contributed by atoms with Crippen LogP contribution >= 0.6 is 0 Å². The fourth-order valence-corrected chi connectivity index (χ4v) is 2.14. The monoisotopic (exact) mass is 212 g/mol. The number of hydrogen-bond acceptors (Lipinski definition) is 0. The van der Waals surface area contributed by atoms with Crippen molar-refractivity contribution in [2.24, 2.45) is 29.1 Å². The highest BCUT2D eigenvalue weighted by atomic mass is 14.3. The van der Waals surface area contributed by atoms with Crippen LogP contribution in [0.2, 0.25) is 0 Å². The zero-order chi connectivity index (χ0) is 12.2. The van der Waals surface area contributed by atoms with Gasteiger partial charge in [0.2, 0.25) is 0 Å². The van der Waals surface area contributed by atoms with Gasteiger partial charge in [-0.15, -0.1) is 0 Å². The van der Waals surface area contributed by atoms with Crippen molar-refractivity contribution in [1.82, 2.24) is 0 Å². The minimum absolute atomic E-state index is 0.450. The molecule has 0 aromatic heterocycles. The van der Waals surface area contributed by atoms with Crippen LogP contribution in [0.3, 0.4) is 0 Å². The predicted molar refractivity (Wildman–Crippen MR) is 71.0 cm³/mol. The van der Waals surface area contributed by atoms with Crippen LogP contribution in [0.15, 0.2) is 0 Å². The Bertz CT molecular complexity index is 161. The van der Waals surface area contributed by atoms with Crippen LogP contribution in [-0.2, 0) is 0 Å². The van der Waals surface area contributed by atoms with E-state index in [2.05, 4.69) is 55.4 Å². The Hall–Kier alpha value is 0. The maximum atomic E-state index is 2.43. The van der Waals surface area contributed by atoms with Crippen LogP contribution in [0.25, 0.3) is 0 Å². The second-order valence-electron chi connectivity index (χ2n) is 6.96. The Kier molecular flexibility index (Phi) is 5.92. The summed E-state index contributed by atoms with van der Waals surface area (Å²) in [6.45, 7) is 19.0. The Morgan fingerprint density at radius 3 is 1.60 bits per heavy atom. The normalized spacial score (nSPS) is 19.0. The van der Waals surface area contributed by atoms with E-state index in [0.717, 1.165) is 23.7 Å². The van der Waals surface area contributed by atoms with Crippen molar-refractivity contribution < 1.29 is 0 Å². The van der Waals surface area contributed by atoms with Gasteiger partial charge < -0.3 is 0 Å². The van der Waals surface area contributed by atoms with Crippen LogP contribution in [-0.4, -0.2) is 0 Å². The van der Waals surface area contributed by atoms with Gasteiger partial charge in [-0.25, -0.2) is 0 Å². The molecule has 0 saturated heterocycles. The SMILES string of the molecule is CC(C)CCC(C)C(C)C(C)C(C)(C)C. The predicted octanol–water partition coefficient (Wildman–Crippen LogP) is 5.38. The Balaban J connectivity index is 4.13. The van der Waals surface area contributed by atoms with Crippen molar-refractivity contribution in [3.05, 3.63) is 0 Å². The van der Waals surface area contributed by atoms with Crippen LogP contribution in [0, 0.1) is 29.1 Å². The van der Waals surface area contributed by atoms with Gasteiger partial charge in [-0.05, 0) is 29.1 Å². The Morgan fingerprint density at radius 2 is 1.27 bits per heavy atom. The van der Waals surface area contributed by atoms with Gasteiger partial charge in [0, 0.05) is 0 Å². The Labute approximate surface area is 97.8 Å². The zero-order valence-corrected chi connectivity index (χ0v) is 12.2. The van der Waals surface area contributed by atoms with E-state index in [9.17, 15) is 0 Å². The third kappa shape index (κ3) is 5.58. The van der Waals surface area contributed by atoms with Crippen LogP contribution in [0.5, 0.6) is 0 Å². The van der Waals surface area contributed by atoms with E-state index < -0.39 is 0 Å². The van der Waals surface area contributed by atoms with Crippen molar-refractivity contribution in [1.29, 1.82) is 0 Å². The summed E-state index contributed by atoms with van der Waals surface area (Å²) in [5.41, 5.74) is 0.450. The van der Waals surface area contributed by atoms with E-state index in [0.29, 0.717) is 5.41 Å². The molecule has 0 radical (unpaired) electrons. The molecule has 0 N–H and O–H groups in total. The zero-order valence-electron chi connectivity index (χ0n) is 12.2. The topological polar surface area (TPSA) is 0 Å². The van der Waals surface area contributed by atoms with Gasteiger partial charge in [0.25, 0.3) is 0 Å². The van der Waals surface area contributed by atoms with Crippen LogP contribution in [0.4, 0.5) is 0 Å². The molecule has 0 heterocycles. The summed E-state index contributed by atoms with van der Waals surface area (Å²) < 4.78 is 0. The van der Waals surface area contributed by atoms with E-state index in [-0.39, 0.29) is 0 Å². The number of hydrogen-bond donors (Lipinski definition) is 0. The lowest BCUT2D eigenvalue weighted by Gasteiger charge is -2.36. The molecule has 0 nitrogen and oxygen atoms in total. The second kappa shape index (κ2) is 5.92. The molecule has 0 rings (SSSR count). The highest BCUT2D eigenvalue weighted by Crippen LogP contribution is 2.36. The second-order valence-corrected chi connectivity index (χ2v) is 6.96. The highest BCUT2D eigenvalue weighted by Gasteiger charge is 2.28. The average Bonchev–Trinajstić information content (AvgIpc) is 2.10. The van der Waals surface area contributed by atoms with Gasteiger partial charge in [0.05, 0.1) is 0 Å².